The van der Waals surface area contributed by atoms with Crippen LogP contribution < -0.4 is 10.2 Å². The van der Waals surface area contributed by atoms with Crippen molar-refractivity contribution < 1.29 is 9.59 Å². The Morgan fingerprint density at radius 3 is 2.38 bits per heavy atom. The molecule has 2 aromatic rings. The molecule has 2 amide bonds. The normalized spacial score (nSPS) is 10.7. The molecule has 0 aliphatic carbocycles. The molecule has 0 unspecified atom stereocenters. The third kappa shape index (κ3) is 5.23. The van der Waals surface area contributed by atoms with Crippen molar-refractivity contribution in [2.24, 2.45) is 0 Å². The molecule has 26 heavy (non-hydrogen) atoms. The fraction of sp³-hybridized carbons (Fsp3) is 0.300. The van der Waals surface area contributed by atoms with Crippen molar-refractivity contribution in [3.8, 4) is 0 Å². The molecule has 0 aliphatic heterocycles. The Kier molecular flexibility index (Phi) is 7.06. The van der Waals surface area contributed by atoms with Crippen LogP contribution in [0.5, 0.6) is 0 Å². The molecular weight excluding hydrogens is 371 g/mol. The summed E-state index contributed by atoms with van der Waals surface area (Å²) >= 11 is 12.0. The fourth-order valence-corrected chi connectivity index (χ4v) is 2.95. The van der Waals surface area contributed by atoms with Crippen LogP contribution in [0.25, 0.3) is 0 Å². The predicted octanol–water partition coefficient (Wildman–Crippen LogP) is 5.50. The summed E-state index contributed by atoms with van der Waals surface area (Å²) in [6.45, 7) is 5.86. The van der Waals surface area contributed by atoms with Gasteiger partial charge in [-0.25, -0.2) is 0 Å². The second-order valence-corrected chi connectivity index (χ2v) is 7.12. The van der Waals surface area contributed by atoms with Crippen LogP contribution in [-0.2, 0) is 9.59 Å². The number of para-hydroxylation sites is 1. The Morgan fingerprint density at radius 1 is 1.08 bits per heavy atom. The number of halogens is 2. The third-order valence-corrected chi connectivity index (χ3v) is 4.75. The van der Waals surface area contributed by atoms with Gasteiger partial charge in [0.2, 0.25) is 11.8 Å². The SMILES string of the molecule is CC(=O)N(CCC(=O)Nc1ccccc1C(C)C)c1ccc(Cl)c(Cl)c1. The van der Waals surface area contributed by atoms with E-state index >= 15 is 0 Å². The fourth-order valence-electron chi connectivity index (χ4n) is 2.66. The van der Waals surface area contributed by atoms with E-state index in [0.717, 1.165) is 11.3 Å². The molecule has 0 heterocycles. The maximum atomic E-state index is 12.4. The summed E-state index contributed by atoms with van der Waals surface area (Å²) in [5.41, 5.74) is 2.49. The first kappa shape index (κ1) is 20.3. The van der Waals surface area contributed by atoms with Crippen LogP contribution in [0.1, 0.15) is 38.7 Å². The summed E-state index contributed by atoms with van der Waals surface area (Å²) in [6.07, 6.45) is 0.173. The Labute approximate surface area is 164 Å². The van der Waals surface area contributed by atoms with Crippen LogP contribution in [0.4, 0.5) is 11.4 Å². The third-order valence-electron chi connectivity index (χ3n) is 4.01. The molecule has 0 aromatic heterocycles. The molecule has 2 aromatic carbocycles. The van der Waals surface area contributed by atoms with E-state index in [4.69, 9.17) is 23.2 Å². The molecule has 0 saturated carbocycles. The highest BCUT2D eigenvalue weighted by atomic mass is 35.5. The van der Waals surface area contributed by atoms with Crippen LogP contribution in [0.2, 0.25) is 10.0 Å². The van der Waals surface area contributed by atoms with E-state index in [0.29, 0.717) is 21.7 Å². The van der Waals surface area contributed by atoms with Crippen LogP contribution >= 0.6 is 23.2 Å². The van der Waals surface area contributed by atoms with E-state index < -0.39 is 0 Å². The summed E-state index contributed by atoms with van der Waals surface area (Å²) in [5.74, 6) is -0.0143. The van der Waals surface area contributed by atoms with Crippen molar-refractivity contribution >= 4 is 46.4 Å². The van der Waals surface area contributed by atoms with Crippen LogP contribution in [0.3, 0.4) is 0 Å². The van der Waals surface area contributed by atoms with Gasteiger partial charge in [-0.2, -0.15) is 0 Å². The van der Waals surface area contributed by atoms with E-state index in [1.54, 1.807) is 18.2 Å². The van der Waals surface area contributed by atoms with Crippen LogP contribution in [-0.4, -0.2) is 18.4 Å². The minimum atomic E-state index is -0.168. The maximum Gasteiger partial charge on any atom is 0.226 e. The summed E-state index contributed by atoms with van der Waals surface area (Å²) in [4.78, 5) is 25.9. The quantitative estimate of drug-likeness (QED) is 0.705. The van der Waals surface area contributed by atoms with Crippen molar-refractivity contribution in [1.29, 1.82) is 0 Å². The van der Waals surface area contributed by atoms with Crippen LogP contribution in [0, 0.1) is 0 Å². The topological polar surface area (TPSA) is 49.4 Å². The Morgan fingerprint density at radius 2 is 1.77 bits per heavy atom. The van der Waals surface area contributed by atoms with Gasteiger partial charge in [0.1, 0.15) is 0 Å². The van der Waals surface area contributed by atoms with Crippen molar-refractivity contribution in [2.45, 2.75) is 33.1 Å². The number of amides is 2. The highest BCUT2D eigenvalue weighted by Gasteiger charge is 2.16. The minimum absolute atomic E-state index is 0.149. The summed E-state index contributed by atoms with van der Waals surface area (Å²) in [5, 5.41) is 3.72. The first-order valence-corrected chi connectivity index (χ1v) is 9.17. The van der Waals surface area contributed by atoms with Gasteiger partial charge in [0, 0.05) is 31.3 Å². The molecule has 0 radical (unpaired) electrons. The van der Waals surface area contributed by atoms with E-state index in [2.05, 4.69) is 19.2 Å². The molecule has 0 spiro atoms. The molecule has 0 atom stereocenters. The van der Waals surface area contributed by atoms with Gasteiger partial charge in [-0.15, -0.1) is 0 Å². The molecule has 6 heteroatoms. The van der Waals surface area contributed by atoms with Gasteiger partial charge in [0.05, 0.1) is 10.0 Å². The second-order valence-electron chi connectivity index (χ2n) is 6.31. The number of benzene rings is 2. The number of hydrogen-bond donors (Lipinski definition) is 1. The molecule has 2 rings (SSSR count). The largest absolute Gasteiger partial charge is 0.326 e. The van der Waals surface area contributed by atoms with Gasteiger partial charge in [0.25, 0.3) is 0 Å². The van der Waals surface area contributed by atoms with Crippen molar-refractivity contribution in [3.63, 3.8) is 0 Å². The van der Waals surface area contributed by atoms with Crippen LogP contribution in [0.15, 0.2) is 42.5 Å². The lowest BCUT2D eigenvalue weighted by Crippen LogP contribution is -2.32. The van der Waals surface area contributed by atoms with Gasteiger partial charge in [-0.1, -0.05) is 55.2 Å². The second kappa shape index (κ2) is 9.06. The monoisotopic (exact) mass is 392 g/mol. The molecule has 138 valence electrons. The van der Waals surface area contributed by atoms with Gasteiger partial charge < -0.3 is 10.2 Å². The summed E-state index contributed by atoms with van der Waals surface area (Å²) < 4.78 is 0. The number of rotatable bonds is 6. The van der Waals surface area contributed by atoms with E-state index in [9.17, 15) is 9.59 Å². The number of hydrogen-bond acceptors (Lipinski definition) is 2. The lowest BCUT2D eigenvalue weighted by Gasteiger charge is -2.22. The average Bonchev–Trinajstić information content (AvgIpc) is 2.58. The zero-order valence-corrected chi connectivity index (χ0v) is 16.6. The zero-order chi connectivity index (χ0) is 19.3. The summed E-state index contributed by atoms with van der Waals surface area (Å²) in [6, 6.07) is 12.7. The number of carbonyl (C=O) groups is 2. The number of nitrogens with zero attached hydrogens (tertiary/aromatic N) is 1. The summed E-state index contributed by atoms with van der Waals surface area (Å²) in [7, 11) is 0. The smallest absolute Gasteiger partial charge is 0.226 e. The van der Waals surface area contributed by atoms with E-state index in [1.165, 1.54) is 11.8 Å². The lowest BCUT2D eigenvalue weighted by molar-refractivity contribution is -0.117. The van der Waals surface area contributed by atoms with Crippen molar-refractivity contribution in [3.05, 3.63) is 58.1 Å². The Bertz CT molecular complexity index is 806. The molecule has 0 fully saturated rings. The predicted molar refractivity (Wildman–Crippen MR) is 108 cm³/mol. The number of anilines is 2. The average molecular weight is 393 g/mol. The molecule has 0 bridgehead atoms. The molecule has 1 N–H and O–H groups in total. The van der Waals surface area contributed by atoms with Gasteiger partial charge in [-0.3, -0.25) is 9.59 Å². The molecular formula is C20H22Cl2N2O2. The molecule has 0 saturated heterocycles. The van der Waals surface area contributed by atoms with E-state index in [-0.39, 0.29) is 24.8 Å². The maximum absolute atomic E-state index is 12.4. The highest BCUT2D eigenvalue weighted by molar-refractivity contribution is 6.42. The first-order chi connectivity index (χ1) is 12.3. The van der Waals surface area contributed by atoms with Crippen molar-refractivity contribution in [1.82, 2.24) is 0 Å². The highest BCUT2D eigenvalue weighted by Crippen LogP contribution is 2.28. The van der Waals surface area contributed by atoms with E-state index in [1.807, 2.05) is 24.3 Å². The zero-order valence-electron chi connectivity index (χ0n) is 15.1. The molecule has 4 nitrogen and oxygen atoms in total. The first-order valence-electron chi connectivity index (χ1n) is 8.41. The number of nitrogens with one attached hydrogen (secondary N) is 1. The lowest BCUT2D eigenvalue weighted by atomic mass is 10.0. The number of carbonyl (C=O) groups excluding carboxylic acids is 2. The van der Waals surface area contributed by atoms with Gasteiger partial charge >= 0.3 is 0 Å². The minimum Gasteiger partial charge on any atom is -0.326 e. The van der Waals surface area contributed by atoms with Gasteiger partial charge in [-0.05, 0) is 35.7 Å². The van der Waals surface area contributed by atoms with Gasteiger partial charge in [0.15, 0.2) is 0 Å². The Hall–Kier alpha value is -2.04. The van der Waals surface area contributed by atoms with Crippen molar-refractivity contribution in [2.75, 3.05) is 16.8 Å². The molecule has 0 aliphatic rings. The standard InChI is InChI=1S/C20H22Cl2N2O2/c1-13(2)16-6-4-5-7-19(16)23-20(26)10-11-24(14(3)25)15-8-9-17(21)18(22)12-15/h4-9,12-13H,10-11H2,1-3H3,(H,23,26). The Balaban J connectivity index is 2.06.